The van der Waals surface area contributed by atoms with Crippen molar-refractivity contribution in [2.45, 2.75) is 123 Å². The van der Waals surface area contributed by atoms with E-state index in [9.17, 15) is 9.59 Å². The number of aliphatic carboxylic acids is 1. The van der Waals surface area contributed by atoms with Crippen molar-refractivity contribution in [2.75, 3.05) is 0 Å². The third kappa shape index (κ3) is 15.9. The van der Waals surface area contributed by atoms with Crippen molar-refractivity contribution in [2.24, 2.45) is 0 Å². The van der Waals surface area contributed by atoms with E-state index < -0.39 is 5.97 Å². The van der Waals surface area contributed by atoms with Crippen LogP contribution in [0.3, 0.4) is 0 Å². The molecule has 2 unspecified atom stereocenters. The second kappa shape index (κ2) is 18.7. The van der Waals surface area contributed by atoms with Crippen molar-refractivity contribution in [3.63, 3.8) is 0 Å². The topological polar surface area (TPSA) is 72.8 Å². The highest BCUT2D eigenvalue weighted by Gasteiger charge is 2.11. The maximum Gasteiger partial charge on any atom is 0.303 e. The Hall–Kier alpha value is -1.88. The molecule has 0 aliphatic carbocycles. The number of carbonyl (C=O) groups excluding carboxylic acids is 1. The molecule has 0 saturated heterocycles. The van der Waals surface area contributed by atoms with Gasteiger partial charge in [0.25, 0.3) is 0 Å². The Morgan fingerprint density at radius 2 is 1.34 bits per heavy atom. The summed E-state index contributed by atoms with van der Waals surface area (Å²) in [6.07, 6.45) is 14.3. The lowest BCUT2D eigenvalue weighted by Gasteiger charge is -2.18. The van der Waals surface area contributed by atoms with Crippen LogP contribution in [0.1, 0.15) is 109 Å². The first-order chi connectivity index (χ1) is 15.5. The summed E-state index contributed by atoms with van der Waals surface area (Å²) < 4.78 is 11.6. The molecule has 182 valence electrons. The van der Waals surface area contributed by atoms with Gasteiger partial charge in [-0.15, -0.1) is 0 Å². The van der Waals surface area contributed by atoms with Crippen LogP contribution in [0.4, 0.5) is 0 Å². The van der Waals surface area contributed by atoms with E-state index in [-0.39, 0.29) is 24.6 Å². The Kier molecular flexibility index (Phi) is 16.4. The van der Waals surface area contributed by atoms with Crippen molar-refractivity contribution in [1.82, 2.24) is 0 Å². The molecule has 0 bridgehead atoms. The quantitative estimate of drug-likeness (QED) is 0.171. The molecule has 0 fully saturated rings. The molecule has 0 aromatic heterocycles. The SMILES string of the molecule is CCC(CCCCCCC(CCCCCCCC(=O)O)OCc1ccccc1)OC(C)=O. The summed E-state index contributed by atoms with van der Waals surface area (Å²) in [5, 5.41) is 8.72. The van der Waals surface area contributed by atoms with Crippen molar-refractivity contribution in [1.29, 1.82) is 0 Å². The summed E-state index contributed by atoms with van der Waals surface area (Å²) in [5.41, 5.74) is 1.21. The Bertz CT molecular complexity index is 601. The maximum atomic E-state index is 11.1. The molecule has 32 heavy (non-hydrogen) atoms. The summed E-state index contributed by atoms with van der Waals surface area (Å²) in [5.74, 6) is -0.881. The monoisotopic (exact) mass is 448 g/mol. The summed E-state index contributed by atoms with van der Waals surface area (Å²) in [6.45, 7) is 4.20. The van der Waals surface area contributed by atoms with Gasteiger partial charge in [0.05, 0.1) is 12.7 Å². The molecule has 5 heteroatoms. The second-order valence-electron chi connectivity index (χ2n) is 8.75. The number of unbranched alkanes of at least 4 members (excludes halogenated alkanes) is 7. The van der Waals surface area contributed by atoms with E-state index >= 15 is 0 Å². The van der Waals surface area contributed by atoms with Crippen LogP contribution in [0, 0.1) is 0 Å². The Morgan fingerprint density at radius 3 is 1.88 bits per heavy atom. The van der Waals surface area contributed by atoms with E-state index in [1.165, 1.54) is 18.9 Å². The highest BCUT2D eigenvalue weighted by atomic mass is 16.5. The number of benzene rings is 1. The van der Waals surface area contributed by atoms with Gasteiger partial charge in [0.1, 0.15) is 6.10 Å². The number of carbonyl (C=O) groups is 2. The number of hydrogen-bond donors (Lipinski definition) is 1. The van der Waals surface area contributed by atoms with Crippen LogP contribution in [0.15, 0.2) is 30.3 Å². The van der Waals surface area contributed by atoms with E-state index in [4.69, 9.17) is 14.6 Å². The number of carboxylic acid groups (broad SMARTS) is 1. The van der Waals surface area contributed by atoms with Gasteiger partial charge in [-0.2, -0.15) is 0 Å². The number of rotatable bonds is 20. The van der Waals surface area contributed by atoms with Crippen LogP contribution in [-0.2, 0) is 25.7 Å². The first-order valence-electron chi connectivity index (χ1n) is 12.6. The van der Waals surface area contributed by atoms with Crippen LogP contribution in [0.2, 0.25) is 0 Å². The van der Waals surface area contributed by atoms with Crippen molar-refractivity contribution in [3.8, 4) is 0 Å². The average Bonchev–Trinajstić information content (AvgIpc) is 2.77. The molecule has 1 aromatic carbocycles. The molecule has 0 amide bonds. The van der Waals surface area contributed by atoms with Crippen LogP contribution in [-0.4, -0.2) is 29.3 Å². The molecule has 0 radical (unpaired) electrons. The normalized spacial score (nSPS) is 12.9. The Morgan fingerprint density at radius 1 is 0.812 bits per heavy atom. The van der Waals surface area contributed by atoms with Gasteiger partial charge in [-0.25, -0.2) is 0 Å². The first kappa shape index (κ1) is 28.2. The standard InChI is InChI=1S/C27H44O5/c1-3-25(32-23(2)28)18-12-7-8-14-20-26(31-22-24-16-10-9-11-17-24)19-13-5-4-6-15-21-27(29)30/h9-11,16-17,25-26H,3-8,12-15,18-22H2,1-2H3,(H,29,30). The van der Waals surface area contributed by atoms with E-state index in [1.807, 2.05) is 18.2 Å². The zero-order chi connectivity index (χ0) is 23.4. The summed E-state index contributed by atoms with van der Waals surface area (Å²) in [7, 11) is 0. The minimum absolute atomic E-state index is 0.0601. The highest BCUT2D eigenvalue weighted by Crippen LogP contribution is 2.19. The number of carboxylic acids is 1. The highest BCUT2D eigenvalue weighted by molar-refractivity contribution is 5.66. The van der Waals surface area contributed by atoms with Gasteiger partial charge in [-0.05, 0) is 44.1 Å². The molecule has 2 atom stereocenters. The van der Waals surface area contributed by atoms with Crippen molar-refractivity contribution < 1.29 is 24.2 Å². The Labute approximate surface area is 194 Å². The lowest BCUT2D eigenvalue weighted by atomic mass is 10.0. The van der Waals surface area contributed by atoms with Crippen molar-refractivity contribution in [3.05, 3.63) is 35.9 Å². The largest absolute Gasteiger partial charge is 0.481 e. The third-order valence-corrected chi connectivity index (χ3v) is 5.84. The van der Waals surface area contributed by atoms with E-state index in [0.717, 1.165) is 77.0 Å². The zero-order valence-electron chi connectivity index (χ0n) is 20.2. The molecule has 0 heterocycles. The first-order valence-corrected chi connectivity index (χ1v) is 12.6. The van der Waals surface area contributed by atoms with E-state index in [1.54, 1.807) is 0 Å². The van der Waals surface area contributed by atoms with Gasteiger partial charge >= 0.3 is 11.9 Å². The van der Waals surface area contributed by atoms with Gasteiger partial charge in [0.2, 0.25) is 0 Å². The molecule has 1 rings (SSSR count). The lowest BCUT2D eigenvalue weighted by molar-refractivity contribution is -0.146. The molecule has 0 aliphatic rings. The third-order valence-electron chi connectivity index (χ3n) is 5.84. The van der Waals surface area contributed by atoms with Crippen molar-refractivity contribution >= 4 is 11.9 Å². The average molecular weight is 449 g/mol. The second-order valence-corrected chi connectivity index (χ2v) is 8.75. The minimum Gasteiger partial charge on any atom is -0.481 e. The predicted octanol–water partition coefficient (Wildman–Crippen LogP) is 7.07. The molecule has 0 aliphatic heterocycles. The summed E-state index contributed by atoms with van der Waals surface area (Å²) >= 11 is 0. The summed E-state index contributed by atoms with van der Waals surface area (Å²) in [4.78, 5) is 21.7. The lowest BCUT2D eigenvalue weighted by Crippen LogP contribution is -2.15. The number of ether oxygens (including phenoxy) is 2. The van der Waals surface area contributed by atoms with Crippen LogP contribution in [0.25, 0.3) is 0 Å². The molecule has 0 saturated carbocycles. The van der Waals surface area contributed by atoms with Gasteiger partial charge in [-0.1, -0.05) is 82.2 Å². The van der Waals surface area contributed by atoms with Crippen LogP contribution >= 0.6 is 0 Å². The van der Waals surface area contributed by atoms with E-state index in [0.29, 0.717) is 6.61 Å². The minimum atomic E-state index is -0.698. The molecule has 1 N–H and O–H groups in total. The molecule has 1 aromatic rings. The molecular weight excluding hydrogens is 404 g/mol. The summed E-state index contributed by atoms with van der Waals surface area (Å²) in [6, 6.07) is 10.3. The number of hydrogen-bond acceptors (Lipinski definition) is 4. The maximum absolute atomic E-state index is 11.1. The fourth-order valence-corrected chi connectivity index (χ4v) is 3.96. The fraction of sp³-hybridized carbons (Fsp3) is 0.704. The predicted molar refractivity (Wildman–Crippen MR) is 129 cm³/mol. The van der Waals surface area contributed by atoms with Crippen LogP contribution < -0.4 is 0 Å². The fourth-order valence-electron chi connectivity index (χ4n) is 3.96. The van der Waals surface area contributed by atoms with Gasteiger partial charge < -0.3 is 14.6 Å². The van der Waals surface area contributed by atoms with Crippen LogP contribution in [0.5, 0.6) is 0 Å². The Balaban J connectivity index is 2.26. The smallest absolute Gasteiger partial charge is 0.303 e. The zero-order valence-corrected chi connectivity index (χ0v) is 20.2. The van der Waals surface area contributed by atoms with E-state index in [2.05, 4.69) is 19.1 Å². The number of esters is 1. The molecular formula is C27H44O5. The van der Waals surface area contributed by atoms with Gasteiger partial charge in [-0.3, -0.25) is 9.59 Å². The van der Waals surface area contributed by atoms with Gasteiger partial charge in [0.15, 0.2) is 0 Å². The molecule has 0 spiro atoms. The van der Waals surface area contributed by atoms with Gasteiger partial charge in [0, 0.05) is 13.3 Å². The molecule has 5 nitrogen and oxygen atoms in total.